The predicted molar refractivity (Wildman–Crippen MR) is 82.2 cm³/mol. The van der Waals surface area contributed by atoms with Crippen LogP contribution in [0.5, 0.6) is 0 Å². The van der Waals surface area contributed by atoms with Crippen molar-refractivity contribution in [2.24, 2.45) is 0 Å². The van der Waals surface area contributed by atoms with Crippen molar-refractivity contribution in [3.63, 3.8) is 0 Å². The van der Waals surface area contributed by atoms with Crippen LogP contribution in [0.1, 0.15) is 19.3 Å². The summed E-state index contributed by atoms with van der Waals surface area (Å²) in [6.07, 6.45) is 3.17. The van der Waals surface area contributed by atoms with Crippen LogP contribution < -0.4 is 10.0 Å². The van der Waals surface area contributed by atoms with Gasteiger partial charge in [0.25, 0.3) is 0 Å². The second-order valence-corrected chi connectivity index (χ2v) is 7.12. The number of benzene rings is 1. The van der Waals surface area contributed by atoms with Crippen LogP contribution in [0.2, 0.25) is 0 Å². The Kier molecular flexibility index (Phi) is 6.76. The van der Waals surface area contributed by atoms with Gasteiger partial charge in [0, 0.05) is 17.1 Å². The average Bonchev–Trinajstić information content (AvgIpc) is 2.82. The molecular formula is C12H18BrClN2O2S. The first-order chi connectivity index (χ1) is 8.58. The fraction of sp³-hybridized carbons (Fsp3) is 0.500. The number of halogens is 2. The third-order valence-electron chi connectivity index (χ3n) is 3.07. The van der Waals surface area contributed by atoms with Gasteiger partial charge in [0.1, 0.15) is 0 Å². The maximum absolute atomic E-state index is 12.0. The Balaban J connectivity index is 0.00000180. The van der Waals surface area contributed by atoms with Crippen molar-refractivity contribution in [3.05, 3.63) is 28.7 Å². The van der Waals surface area contributed by atoms with Gasteiger partial charge < -0.3 is 5.32 Å². The second-order valence-electron chi connectivity index (χ2n) is 4.43. The molecule has 0 saturated carbocycles. The van der Waals surface area contributed by atoms with Gasteiger partial charge in [0.2, 0.25) is 10.0 Å². The van der Waals surface area contributed by atoms with Gasteiger partial charge in [0.05, 0.1) is 4.90 Å². The van der Waals surface area contributed by atoms with Crippen molar-refractivity contribution in [3.8, 4) is 0 Å². The Morgan fingerprint density at radius 2 is 2.00 bits per heavy atom. The molecule has 0 spiro atoms. The Hall–Kier alpha value is -0.140. The molecule has 0 aromatic heterocycles. The fourth-order valence-electron chi connectivity index (χ4n) is 2.07. The van der Waals surface area contributed by atoms with Crippen LogP contribution in [-0.2, 0) is 10.0 Å². The lowest BCUT2D eigenvalue weighted by Gasteiger charge is -2.11. The number of hydrogen-bond donors (Lipinski definition) is 2. The highest BCUT2D eigenvalue weighted by molar-refractivity contribution is 9.10. The van der Waals surface area contributed by atoms with E-state index in [1.807, 2.05) is 0 Å². The minimum atomic E-state index is -3.37. The molecule has 0 aliphatic carbocycles. The molecule has 0 radical (unpaired) electrons. The SMILES string of the molecule is Cl.O=S(=O)(NCC[C@H]1CCCN1)c1ccc(Br)cc1. The zero-order valence-electron chi connectivity index (χ0n) is 10.4. The number of hydrogen-bond acceptors (Lipinski definition) is 3. The van der Waals surface area contributed by atoms with Crippen molar-refractivity contribution in [1.82, 2.24) is 10.0 Å². The largest absolute Gasteiger partial charge is 0.314 e. The minimum Gasteiger partial charge on any atom is -0.314 e. The van der Waals surface area contributed by atoms with Gasteiger partial charge in [-0.25, -0.2) is 13.1 Å². The first-order valence-electron chi connectivity index (χ1n) is 6.06. The highest BCUT2D eigenvalue weighted by Gasteiger charge is 2.16. The summed E-state index contributed by atoms with van der Waals surface area (Å²) in [5.74, 6) is 0. The summed E-state index contributed by atoms with van der Waals surface area (Å²) in [5, 5.41) is 3.35. The highest BCUT2D eigenvalue weighted by atomic mass is 79.9. The summed E-state index contributed by atoms with van der Waals surface area (Å²) in [5.41, 5.74) is 0. The molecule has 2 rings (SSSR count). The van der Waals surface area contributed by atoms with E-state index in [1.54, 1.807) is 24.3 Å². The third kappa shape index (κ3) is 5.04. The predicted octanol–water partition coefficient (Wildman–Crippen LogP) is 2.29. The van der Waals surface area contributed by atoms with Crippen molar-refractivity contribution in [1.29, 1.82) is 0 Å². The molecule has 1 saturated heterocycles. The third-order valence-corrected chi connectivity index (χ3v) is 5.08. The molecule has 1 fully saturated rings. The first kappa shape index (κ1) is 16.9. The lowest BCUT2D eigenvalue weighted by Crippen LogP contribution is -2.30. The van der Waals surface area contributed by atoms with Crippen molar-refractivity contribution in [2.45, 2.75) is 30.2 Å². The summed E-state index contributed by atoms with van der Waals surface area (Å²) < 4.78 is 27.5. The van der Waals surface area contributed by atoms with E-state index in [4.69, 9.17) is 0 Å². The van der Waals surface area contributed by atoms with Gasteiger partial charge >= 0.3 is 0 Å². The molecule has 2 N–H and O–H groups in total. The van der Waals surface area contributed by atoms with Crippen LogP contribution in [0, 0.1) is 0 Å². The highest BCUT2D eigenvalue weighted by Crippen LogP contribution is 2.14. The molecule has 4 nitrogen and oxygen atoms in total. The van der Waals surface area contributed by atoms with Crippen molar-refractivity contribution in [2.75, 3.05) is 13.1 Å². The summed E-state index contributed by atoms with van der Waals surface area (Å²) in [7, 11) is -3.37. The molecule has 1 aromatic rings. The van der Waals surface area contributed by atoms with E-state index in [2.05, 4.69) is 26.0 Å². The van der Waals surface area contributed by atoms with E-state index < -0.39 is 10.0 Å². The molecule has 0 bridgehead atoms. The lowest BCUT2D eigenvalue weighted by atomic mass is 10.2. The Bertz CT molecular complexity index is 487. The number of sulfonamides is 1. The normalized spacial score (nSPS) is 19.1. The number of rotatable bonds is 5. The maximum atomic E-state index is 12.0. The summed E-state index contributed by atoms with van der Waals surface area (Å²) in [6.45, 7) is 1.53. The van der Waals surface area contributed by atoms with Gasteiger partial charge in [-0.05, 0) is 50.1 Å². The summed E-state index contributed by atoms with van der Waals surface area (Å²) in [4.78, 5) is 0.310. The second kappa shape index (κ2) is 7.59. The molecule has 7 heteroatoms. The quantitative estimate of drug-likeness (QED) is 0.837. The Morgan fingerprint density at radius 3 is 2.58 bits per heavy atom. The summed E-state index contributed by atoms with van der Waals surface area (Å²) in [6, 6.07) is 7.11. The van der Waals surface area contributed by atoms with Crippen LogP contribution in [0.4, 0.5) is 0 Å². The summed E-state index contributed by atoms with van der Waals surface area (Å²) >= 11 is 3.29. The van der Waals surface area contributed by atoms with Crippen LogP contribution in [-0.4, -0.2) is 27.5 Å². The van der Waals surface area contributed by atoms with E-state index >= 15 is 0 Å². The average molecular weight is 370 g/mol. The monoisotopic (exact) mass is 368 g/mol. The van der Waals surface area contributed by atoms with E-state index in [-0.39, 0.29) is 12.4 Å². The molecule has 108 valence electrons. The van der Waals surface area contributed by atoms with Gasteiger partial charge in [-0.15, -0.1) is 12.4 Å². The Labute approximate surface area is 128 Å². The molecule has 1 aliphatic rings. The number of nitrogens with one attached hydrogen (secondary N) is 2. The molecule has 19 heavy (non-hydrogen) atoms. The van der Waals surface area contributed by atoms with Gasteiger partial charge in [-0.2, -0.15) is 0 Å². The van der Waals surface area contributed by atoms with Gasteiger partial charge in [-0.3, -0.25) is 0 Å². The van der Waals surface area contributed by atoms with Crippen LogP contribution in [0.25, 0.3) is 0 Å². The molecule has 1 aliphatic heterocycles. The molecule has 1 heterocycles. The zero-order chi connectivity index (χ0) is 13.0. The van der Waals surface area contributed by atoms with Gasteiger partial charge in [-0.1, -0.05) is 15.9 Å². The molecule has 0 unspecified atom stereocenters. The smallest absolute Gasteiger partial charge is 0.240 e. The van der Waals surface area contributed by atoms with Crippen molar-refractivity contribution < 1.29 is 8.42 Å². The van der Waals surface area contributed by atoms with E-state index in [0.29, 0.717) is 17.5 Å². The lowest BCUT2D eigenvalue weighted by molar-refractivity contribution is 0.539. The maximum Gasteiger partial charge on any atom is 0.240 e. The zero-order valence-corrected chi connectivity index (χ0v) is 13.7. The molecule has 1 atom stereocenters. The van der Waals surface area contributed by atoms with E-state index in [9.17, 15) is 8.42 Å². The molecular weight excluding hydrogens is 352 g/mol. The molecule has 1 aromatic carbocycles. The van der Waals surface area contributed by atoms with Crippen LogP contribution in [0.3, 0.4) is 0 Å². The minimum absolute atomic E-state index is 0. The van der Waals surface area contributed by atoms with Gasteiger partial charge in [0.15, 0.2) is 0 Å². The van der Waals surface area contributed by atoms with Crippen LogP contribution in [0.15, 0.2) is 33.6 Å². The topological polar surface area (TPSA) is 58.2 Å². The Morgan fingerprint density at radius 1 is 1.32 bits per heavy atom. The standard InChI is InChI=1S/C12H17BrN2O2S.ClH/c13-10-3-5-12(6-4-10)18(16,17)15-9-7-11-2-1-8-14-11;/h3-6,11,14-15H,1-2,7-9H2;1H/t11-;/m1./s1. The van der Waals surface area contributed by atoms with Crippen molar-refractivity contribution >= 4 is 38.4 Å². The van der Waals surface area contributed by atoms with Crippen LogP contribution >= 0.6 is 28.3 Å². The molecule has 0 amide bonds. The van der Waals surface area contributed by atoms with E-state index in [0.717, 1.165) is 23.9 Å². The van der Waals surface area contributed by atoms with E-state index in [1.165, 1.54) is 6.42 Å². The first-order valence-corrected chi connectivity index (χ1v) is 8.34. The fourth-order valence-corrected chi connectivity index (χ4v) is 3.38.